The van der Waals surface area contributed by atoms with Crippen LogP contribution in [-0.4, -0.2) is 16.8 Å². The lowest BCUT2D eigenvalue weighted by Gasteiger charge is -2.02. The largest absolute Gasteiger partial charge is 0.478 e. The zero-order valence-electron chi connectivity index (χ0n) is 10.3. The van der Waals surface area contributed by atoms with Gasteiger partial charge in [-0.15, -0.1) is 0 Å². The van der Waals surface area contributed by atoms with Gasteiger partial charge >= 0.3 is 5.97 Å². The second-order valence-corrected chi connectivity index (χ2v) is 5.22. The standard InChI is InChI=1S/C14H20O2S/c1-2-3-4-5-10-17-11-12-6-8-13(9-7-12)14(15)16/h6-9H,2-5,10-11H2,1H3,(H,15,16). The Hall–Kier alpha value is -0.960. The zero-order chi connectivity index (χ0) is 12.5. The number of carbonyl (C=O) groups is 1. The summed E-state index contributed by atoms with van der Waals surface area (Å²) in [5, 5.41) is 8.77. The monoisotopic (exact) mass is 252 g/mol. The summed E-state index contributed by atoms with van der Waals surface area (Å²) in [6.45, 7) is 2.22. The number of aromatic carboxylic acids is 1. The summed E-state index contributed by atoms with van der Waals surface area (Å²) in [6, 6.07) is 7.16. The van der Waals surface area contributed by atoms with Crippen LogP contribution >= 0.6 is 11.8 Å². The Bertz CT molecular complexity index is 333. The number of rotatable bonds is 8. The highest BCUT2D eigenvalue weighted by Crippen LogP contribution is 2.15. The maximum Gasteiger partial charge on any atom is 0.335 e. The average Bonchev–Trinajstić information content (AvgIpc) is 2.34. The van der Waals surface area contributed by atoms with Crippen LogP contribution in [0.3, 0.4) is 0 Å². The summed E-state index contributed by atoms with van der Waals surface area (Å²) >= 11 is 1.92. The molecule has 0 radical (unpaired) electrons. The average molecular weight is 252 g/mol. The first-order valence-corrected chi connectivity index (χ1v) is 7.29. The van der Waals surface area contributed by atoms with Crippen LogP contribution in [0.4, 0.5) is 0 Å². The number of unbranched alkanes of at least 4 members (excludes halogenated alkanes) is 3. The zero-order valence-corrected chi connectivity index (χ0v) is 11.1. The molecule has 0 fully saturated rings. The molecular formula is C14H20O2S. The van der Waals surface area contributed by atoms with E-state index in [0.717, 1.165) is 5.75 Å². The first-order valence-electron chi connectivity index (χ1n) is 6.14. The summed E-state index contributed by atoms with van der Waals surface area (Å²) < 4.78 is 0. The van der Waals surface area contributed by atoms with Crippen LogP contribution in [0.2, 0.25) is 0 Å². The fourth-order valence-corrected chi connectivity index (χ4v) is 2.55. The Morgan fingerprint density at radius 2 is 1.88 bits per heavy atom. The van der Waals surface area contributed by atoms with Crippen LogP contribution in [0, 0.1) is 0 Å². The lowest BCUT2D eigenvalue weighted by Crippen LogP contribution is -1.95. The first kappa shape index (κ1) is 14.1. The molecular weight excluding hydrogens is 232 g/mol. The van der Waals surface area contributed by atoms with Crippen LogP contribution < -0.4 is 0 Å². The molecule has 0 spiro atoms. The van der Waals surface area contributed by atoms with Crippen molar-refractivity contribution in [2.45, 2.75) is 38.4 Å². The predicted molar refractivity (Wildman–Crippen MR) is 73.7 cm³/mol. The number of hydrogen-bond acceptors (Lipinski definition) is 2. The number of thioether (sulfide) groups is 1. The quantitative estimate of drug-likeness (QED) is 0.705. The van der Waals surface area contributed by atoms with Crippen LogP contribution in [0.25, 0.3) is 0 Å². The van der Waals surface area contributed by atoms with Crippen molar-refractivity contribution in [3.63, 3.8) is 0 Å². The summed E-state index contributed by atoms with van der Waals surface area (Å²) in [5.41, 5.74) is 1.57. The second kappa shape index (κ2) is 8.18. The molecule has 0 aliphatic carbocycles. The lowest BCUT2D eigenvalue weighted by atomic mass is 10.1. The molecule has 0 aromatic heterocycles. The molecule has 0 aliphatic heterocycles. The number of benzene rings is 1. The van der Waals surface area contributed by atoms with Gasteiger partial charge in [-0.25, -0.2) is 4.79 Å². The fraction of sp³-hybridized carbons (Fsp3) is 0.500. The van der Waals surface area contributed by atoms with Crippen LogP contribution in [0.5, 0.6) is 0 Å². The minimum absolute atomic E-state index is 0.363. The summed E-state index contributed by atoms with van der Waals surface area (Å²) in [6.07, 6.45) is 5.21. The highest BCUT2D eigenvalue weighted by atomic mass is 32.2. The number of carboxylic acid groups (broad SMARTS) is 1. The van der Waals surface area contributed by atoms with Gasteiger partial charge in [-0.05, 0) is 29.9 Å². The summed E-state index contributed by atoms with van der Waals surface area (Å²) in [7, 11) is 0. The molecule has 0 unspecified atom stereocenters. The third-order valence-corrected chi connectivity index (χ3v) is 3.73. The number of carboxylic acids is 1. The van der Waals surface area contributed by atoms with Gasteiger partial charge in [0.25, 0.3) is 0 Å². The molecule has 0 saturated carbocycles. The predicted octanol–water partition coefficient (Wildman–Crippen LogP) is 4.20. The molecule has 0 atom stereocenters. The summed E-state index contributed by atoms with van der Waals surface area (Å²) in [5.74, 6) is 1.32. The SMILES string of the molecule is CCCCCCSCc1ccc(C(=O)O)cc1. The van der Waals surface area contributed by atoms with Gasteiger partial charge in [0.05, 0.1) is 5.56 Å². The molecule has 0 aliphatic rings. The van der Waals surface area contributed by atoms with Crippen molar-refractivity contribution in [3.05, 3.63) is 35.4 Å². The molecule has 0 amide bonds. The molecule has 1 aromatic carbocycles. The van der Waals surface area contributed by atoms with Crippen molar-refractivity contribution < 1.29 is 9.90 Å². The first-order chi connectivity index (χ1) is 8.24. The normalized spacial score (nSPS) is 10.4. The van der Waals surface area contributed by atoms with Gasteiger partial charge in [0, 0.05) is 5.75 Å². The van der Waals surface area contributed by atoms with Crippen LogP contribution in [-0.2, 0) is 5.75 Å². The fourth-order valence-electron chi connectivity index (χ4n) is 1.56. The van der Waals surface area contributed by atoms with Crippen molar-refractivity contribution in [1.82, 2.24) is 0 Å². The Kier molecular flexibility index (Phi) is 6.78. The maximum absolute atomic E-state index is 10.7. The third kappa shape index (κ3) is 5.78. The smallest absolute Gasteiger partial charge is 0.335 e. The maximum atomic E-state index is 10.7. The molecule has 0 heterocycles. The Morgan fingerprint density at radius 3 is 2.47 bits per heavy atom. The van der Waals surface area contributed by atoms with Gasteiger partial charge < -0.3 is 5.11 Å². The lowest BCUT2D eigenvalue weighted by molar-refractivity contribution is 0.0697. The van der Waals surface area contributed by atoms with E-state index in [1.54, 1.807) is 12.1 Å². The van der Waals surface area contributed by atoms with E-state index < -0.39 is 5.97 Å². The van der Waals surface area contributed by atoms with E-state index >= 15 is 0 Å². The number of hydrogen-bond donors (Lipinski definition) is 1. The Balaban J connectivity index is 2.21. The summed E-state index contributed by atoms with van der Waals surface area (Å²) in [4.78, 5) is 10.7. The van der Waals surface area contributed by atoms with Crippen molar-refractivity contribution in [3.8, 4) is 0 Å². The van der Waals surface area contributed by atoms with E-state index in [2.05, 4.69) is 6.92 Å². The van der Waals surface area contributed by atoms with E-state index in [4.69, 9.17) is 5.11 Å². The van der Waals surface area contributed by atoms with E-state index in [1.807, 2.05) is 23.9 Å². The van der Waals surface area contributed by atoms with E-state index in [0.29, 0.717) is 5.56 Å². The van der Waals surface area contributed by atoms with E-state index in [-0.39, 0.29) is 0 Å². The van der Waals surface area contributed by atoms with Gasteiger partial charge in [0.2, 0.25) is 0 Å². The van der Waals surface area contributed by atoms with Crippen molar-refractivity contribution in [1.29, 1.82) is 0 Å². The third-order valence-electron chi connectivity index (χ3n) is 2.61. The highest BCUT2D eigenvalue weighted by Gasteiger charge is 2.01. The molecule has 0 bridgehead atoms. The molecule has 94 valence electrons. The molecule has 1 aromatic rings. The van der Waals surface area contributed by atoms with Crippen LogP contribution in [0.1, 0.15) is 48.5 Å². The van der Waals surface area contributed by atoms with Crippen molar-refractivity contribution >= 4 is 17.7 Å². The minimum Gasteiger partial charge on any atom is -0.478 e. The Labute approximate surface area is 107 Å². The second-order valence-electron chi connectivity index (χ2n) is 4.12. The molecule has 17 heavy (non-hydrogen) atoms. The molecule has 1 rings (SSSR count). The van der Waals surface area contributed by atoms with Gasteiger partial charge in [0.1, 0.15) is 0 Å². The van der Waals surface area contributed by atoms with Gasteiger partial charge in [-0.3, -0.25) is 0 Å². The van der Waals surface area contributed by atoms with Gasteiger partial charge in [0.15, 0.2) is 0 Å². The molecule has 1 N–H and O–H groups in total. The topological polar surface area (TPSA) is 37.3 Å². The van der Waals surface area contributed by atoms with Crippen molar-refractivity contribution in [2.24, 2.45) is 0 Å². The van der Waals surface area contributed by atoms with Crippen LogP contribution in [0.15, 0.2) is 24.3 Å². The molecule has 0 saturated heterocycles. The highest BCUT2D eigenvalue weighted by molar-refractivity contribution is 7.98. The van der Waals surface area contributed by atoms with E-state index in [1.165, 1.54) is 37.0 Å². The molecule has 3 heteroatoms. The van der Waals surface area contributed by atoms with Crippen molar-refractivity contribution in [2.75, 3.05) is 5.75 Å². The minimum atomic E-state index is -0.858. The Morgan fingerprint density at radius 1 is 1.18 bits per heavy atom. The van der Waals surface area contributed by atoms with Gasteiger partial charge in [-0.2, -0.15) is 11.8 Å². The van der Waals surface area contributed by atoms with Gasteiger partial charge in [-0.1, -0.05) is 38.3 Å². The van der Waals surface area contributed by atoms with E-state index in [9.17, 15) is 4.79 Å². The molecule has 2 nitrogen and oxygen atoms in total.